The van der Waals surface area contributed by atoms with Crippen LogP contribution in [0.25, 0.3) is 0 Å². The molecule has 0 radical (unpaired) electrons. The summed E-state index contributed by atoms with van der Waals surface area (Å²) in [6, 6.07) is 7.87. The van der Waals surface area contributed by atoms with Gasteiger partial charge in [0, 0.05) is 37.8 Å². The third kappa shape index (κ3) is 4.93. The quantitative estimate of drug-likeness (QED) is 0.703. The topological polar surface area (TPSA) is 87.7 Å². The molecular weight excluding hydrogens is 428 g/mol. The number of hydrogen-bond donors (Lipinski definition) is 2. The molecule has 0 aromatic heterocycles. The van der Waals surface area contributed by atoms with Crippen LogP contribution in [0.1, 0.15) is 23.6 Å². The minimum atomic E-state index is -4.18. The van der Waals surface area contributed by atoms with Crippen LogP contribution in [0.5, 0.6) is 0 Å². The summed E-state index contributed by atoms with van der Waals surface area (Å²) in [5.74, 6) is -1.59. The predicted molar refractivity (Wildman–Crippen MR) is 110 cm³/mol. The van der Waals surface area contributed by atoms with Gasteiger partial charge in [0.05, 0.1) is 13.2 Å². The van der Waals surface area contributed by atoms with Crippen LogP contribution in [0, 0.1) is 11.6 Å². The van der Waals surface area contributed by atoms with Gasteiger partial charge in [-0.3, -0.25) is 9.69 Å². The Hall–Kier alpha value is -2.40. The first-order valence-corrected chi connectivity index (χ1v) is 11.5. The van der Waals surface area contributed by atoms with Crippen LogP contribution < -0.4 is 10.0 Å². The van der Waals surface area contributed by atoms with Crippen molar-refractivity contribution in [2.75, 3.05) is 38.2 Å². The normalized spacial score (nSPS) is 18.3. The molecule has 166 valence electrons. The SMILES string of the molecule is O=C1CCc2cc(S(=O)(=O)NCC(c3cccc(F)c3)N3CCOCC3)c(F)cc2N1. The molecular formula is C21H23F2N3O4S. The lowest BCUT2D eigenvalue weighted by atomic mass is 10.0. The molecule has 2 aliphatic rings. The summed E-state index contributed by atoms with van der Waals surface area (Å²) in [6.07, 6.45) is 0.549. The van der Waals surface area contributed by atoms with E-state index in [0.29, 0.717) is 49.5 Å². The summed E-state index contributed by atoms with van der Waals surface area (Å²) in [5.41, 5.74) is 1.48. The van der Waals surface area contributed by atoms with Crippen LogP contribution in [-0.4, -0.2) is 52.1 Å². The van der Waals surface area contributed by atoms with Gasteiger partial charge in [0.2, 0.25) is 15.9 Å². The fourth-order valence-electron chi connectivity index (χ4n) is 3.91. The zero-order chi connectivity index (χ0) is 22.0. The Balaban J connectivity index is 1.58. The fourth-order valence-corrected chi connectivity index (χ4v) is 5.06. The molecule has 1 saturated heterocycles. The molecule has 1 fully saturated rings. The molecule has 0 aliphatic carbocycles. The molecule has 10 heteroatoms. The maximum atomic E-state index is 14.6. The van der Waals surface area contributed by atoms with Crippen LogP contribution in [0.15, 0.2) is 41.3 Å². The standard InChI is InChI=1S/C21H23F2N3O4S/c22-16-3-1-2-15(10-16)19(26-6-8-30-9-7-26)13-24-31(28,29)20-11-14-4-5-21(27)25-18(14)12-17(20)23/h1-3,10-12,19,24H,4-9,13H2,(H,25,27). The van der Waals surface area contributed by atoms with Crippen LogP contribution in [0.3, 0.4) is 0 Å². The number of aryl methyl sites for hydroxylation is 1. The Morgan fingerprint density at radius 3 is 2.65 bits per heavy atom. The smallest absolute Gasteiger partial charge is 0.243 e. The molecule has 1 atom stereocenters. The monoisotopic (exact) mass is 451 g/mol. The minimum absolute atomic E-state index is 0.0565. The summed E-state index contributed by atoms with van der Waals surface area (Å²) in [5, 5.41) is 2.55. The molecule has 0 spiro atoms. The van der Waals surface area contributed by atoms with Gasteiger partial charge in [-0.25, -0.2) is 21.9 Å². The first kappa shape index (κ1) is 21.8. The van der Waals surface area contributed by atoms with E-state index in [2.05, 4.69) is 10.0 Å². The summed E-state index contributed by atoms with van der Waals surface area (Å²) in [6.45, 7) is 2.05. The van der Waals surface area contributed by atoms with Crippen molar-refractivity contribution in [1.29, 1.82) is 0 Å². The van der Waals surface area contributed by atoms with Crippen molar-refractivity contribution in [2.24, 2.45) is 0 Å². The highest BCUT2D eigenvalue weighted by atomic mass is 32.2. The molecule has 4 rings (SSSR count). The maximum absolute atomic E-state index is 14.6. The molecule has 7 nitrogen and oxygen atoms in total. The Bertz CT molecular complexity index is 1090. The summed E-state index contributed by atoms with van der Waals surface area (Å²) < 4.78 is 62.1. The second-order valence-corrected chi connectivity index (χ2v) is 9.29. The van der Waals surface area contributed by atoms with E-state index in [1.54, 1.807) is 12.1 Å². The maximum Gasteiger partial charge on any atom is 0.243 e. The van der Waals surface area contributed by atoms with E-state index in [1.165, 1.54) is 18.2 Å². The highest BCUT2D eigenvalue weighted by molar-refractivity contribution is 7.89. The molecule has 31 heavy (non-hydrogen) atoms. The summed E-state index contributed by atoms with van der Waals surface area (Å²) >= 11 is 0. The van der Waals surface area contributed by atoms with E-state index in [-0.39, 0.29) is 18.9 Å². The number of sulfonamides is 1. The molecule has 0 bridgehead atoms. The van der Waals surface area contributed by atoms with Gasteiger partial charge in [-0.05, 0) is 41.8 Å². The van der Waals surface area contributed by atoms with Crippen LogP contribution in [-0.2, 0) is 26.0 Å². The number of hydrogen-bond acceptors (Lipinski definition) is 5. The van der Waals surface area contributed by atoms with Gasteiger partial charge >= 0.3 is 0 Å². The van der Waals surface area contributed by atoms with E-state index >= 15 is 0 Å². The van der Waals surface area contributed by atoms with Crippen LogP contribution in [0.4, 0.5) is 14.5 Å². The summed E-state index contributed by atoms with van der Waals surface area (Å²) in [4.78, 5) is 13.0. The van der Waals surface area contributed by atoms with Gasteiger partial charge in [-0.1, -0.05) is 12.1 Å². The molecule has 1 amide bonds. The van der Waals surface area contributed by atoms with E-state index < -0.39 is 32.6 Å². The lowest BCUT2D eigenvalue weighted by molar-refractivity contribution is -0.116. The van der Waals surface area contributed by atoms with Crippen LogP contribution in [0.2, 0.25) is 0 Å². The Kier molecular flexibility index (Phi) is 6.33. The first-order chi connectivity index (χ1) is 14.8. The van der Waals surface area contributed by atoms with E-state index in [1.807, 2.05) is 4.90 Å². The number of anilines is 1. The van der Waals surface area contributed by atoms with Crippen molar-refractivity contribution in [3.8, 4) is 0 Å². The predicted octanol–water partition coefficient (Wildman–Crippen LogP) is 2.20. The molecule has 0 saturated carbocycles. The highest BCUT2D eigenvalue weighted by Gasteiger charge is 2.28. The number of rotatable bonds is 6. The van der Waals surface area contributed by atoms with Gasteiger partial charge in [0.15, 0.2) is 0 Å². The van der Waals surface area contributed by atoms with Gasteiger partial charge in [0.1, 0.15) is 16.5 Å². The van der Waals surface area contributed by atoms with Gasteiger partial charge in [-0.15, -0.1) is 0 Å². The fraction of sp³-hybridized carbons (Fsp3) is 0.381. The van der Waals surface area contributed by atoms with Gasteiger partial charge in [0.25, 0.3) is 0 Å². The second-order valence-electron chi connectivity index (χ2n) is 7.56. The third-order valence-electron chi connectivity index (χ3n) is 5.53. The highest BCUT2D eigenvalue weighted by Crippen LogP contribution is 2.29. The number of ether oxygens (including phenoxy) is 1. The number of benzene rings is 2. The zero-order valence-electron chi connectivity index (χ0n) is 16.7. The molecule has 2 aliphatic heterocycles. The lowest BCUT2D eigenvalue weighted by Crippen LogP contribution is -2.44. The lowest BCUT2D eigenvalue weighted by Gasteiger charge is -2.35. The molecule has 2 aromatic rings. The van der Waals surface area contributed by atoms with Crippen LogP contribution >= 0.6 is 0 Å². The zero-order valence-corrected chi connectivity index (χ0v) is 17.6. The van der Waals surface area contributed by atoms with Crippen molar-refractivity contribution in [3.05, 3.63) is 59.2 Å². The first-order valence-electron chi connectivity index (χ1n) is 10.0. The van der Waals surface area contributed by atoms with Crippen molar-refractivity contribution < 1.29 is 26.7 Å². The Labute approximate surface area is 179 Å². The number of carbonyl (C=O) groups is 1. The Morgan fingerprint density at radius 1 is 1.13 bits per heavy atom. The average molecular weight is 451 g/mol. The molecule has 2 N–H and O–H groups in total. The van der Waals surface area contributed by atoms with Crippen molar-refractivity contribution in [2.45, 2.75) is 23.8 Å². The molecule has 2 aromatic carbocycles. The van der Waals surface area contributed by atoms with Gasteiger partial charge in [-0.2, -0.15) is 0 Å². The number of amides is 1. The van der Waals surface area contributed by atoms with E-state index in [0.717, 1.165) is 6.07 Å². The number of fused-ring (bicyclic) bond motifs is 1. The largest absolute Gasteiger partial charge is 0.379 e. The number of halogens is 2. The van der Waals surface area contributed by atoms with E-state index in [4.69, 9.17) is 4.74 Å². The van der Waals surface area contributed by atoms with E-state index in [9.17, 15) is 22.0 Å². The average Bonchev–Trinajstić information content (AvgIpc) is 2.74. The van der Waals surface area contributed by atoms with Crippen molar-refractivity contribution >= 4 is 21.6 Å². The van der Waals surface area contributed by atoms with Gasteiger partial charge < -0.3 is 10.1 Å². The third-order valence-corrected chi connectivity index (χ3v) is 6.97. The minimum Gasteiger partial charge on any atom is -0.379 e. The number of carbonyl (C=O) groups excluding carboxylic acids is 1. The Morgan fingerprint density at radius 2 is 1.90 bits per heavy atom. The molecule has 2 heterocycles. The second kappa shape index (κ2) is 8.99. The molecule has 1 unspecified atom stereocenters. The number of nitrogens with one attached hydrogen (secondary N) is 2. The number of morpholine rings is 1. The van der Waals surface area contributed by atoms with Crippen molar-refractivity contribution in [3.63, 3.8) is 0 Å². The number of nitrogens with zero attached hydrogens (tertiary/aromatic N) is 1. The van der Waals surface area contributed by atoms with Crippen molar-refractivity contribution in [1.82, 2.24) is 9.62 Å². The summed E-state index contributed by atoms with van der Waals surface area (Å²) in [7, 11) is -4.18.